The van der Waals surface area contributed by atoms with E-state index < -0.39 is 0 Å². The lowest BCUT2D eigenvalue weighted by Gasteiger charge is -2.24. The number of halogens is 1. The fourth-order valence-electron chi connectivity index (χ4n) is 2.96. The quantitative estimate of drug-likeness (QED) is 0.933. The second-order valence-electron chi connectivity index (χ2n) is 5.49. The van der Waals surface area contributed by atoms with Gasteiger partial charge in [-0.1, -0.05) is 47.5 Å². The van der Waals surface area contributed by atoms with Crippen LogP contribution in [0.15, 0.2) is 42.5 Å². The minimum absolute atomic E-state index is 0.320. The van der Waals surface area contributed by atoms with Crippen LogP contribution in [0.3, 0.4) is 0 Å². The average Bonchev–Trinajstić information content (AvgIpc) is 2.78. The average molecular weight is 287 g/mol. The molecule has 0 fully saturated rings. The Labute approximate surface area is 125 Å². The van der Waals surface area contributed by atoms with Crippen LogP contribution in [-0.2, 0) is 13.1 Å². The Kier molecular flexibility index (Phi) is 3.79. The maximum Gasteiger partial charge on any atom is 0.0480 e. The van der Waals surface area contributed by atoms with Crippen molar-refractivity contribution >= 4 is 11.6 Å². The van der Waals surface area contributed by atoms with Crippen LogP contribution < -0.4 is 5.73 Å². The van der Waals surface area contributed by atoms with E-state index in [-0.39, 0.29) is 0 Å². The molecule has 1 aliphatic rings. The highest BCUT2D eigenvalue weighted by Gasteiger charge is 2.28. The predicted octanol–water partition coefficient (Wildman–Crippen LogP) is 3.66. The van der Waals surface area contributed by atoms with E-state index in [4.69, 9.17) is 17.3 Å². The first-order valence-corrected chi connectivity index (χ1v) is 7.33. The number of fused-ring (bicyclic) bond motifs is 1. The van der Waals surface area contributed by atoms with E-state index in [1.807, 2.05) is 12.1 Å². The summed E-state index contributed by atoms with van der Waals surface area (Å²) >= 11 is 5.94. The van der Waals surface area contributed by atoms with E-state index in [1.54, 1.807) is 0 Å². The van der Waals surface area contributed by atoms with Gasteiger partial charge in [0.1, 0.15) is 0 Å². The first kappa shape index (κ1) is 13.6. The number of hydrogen-bond donors (Lipinski definition) is 1. The number of hydrogen-bond acceptors (Lipinski definition) is 2. The molecular formula is C17H19ClN2. The Morgan fingerprint density at radius 1 is 1.20 bits per heavy atom. The van der Waals surface area contributed by atoms with Gasteiger partial charge >= 0.3 is 0 Å². The molecule has 2 aromatic rings. The minimum atomic E-state index is 0.320. The monoisotopic (exact) mass is 286 g/mol. The number of nitrogens with two attached hydrogens (primary N) is 1. The Morgan fingerprint density at radius 2 is 1.95 bits per heavy atom. The lowest BCUT2D eigenvalue weighted by molar-refractivity contribution is 0.211. The maximum absolute atomic E-state index is 6.00. The third-order valence-electron chi connectivity index (χ3n) is 4.00. The summed E-state index contributed by atoms with van der Waals surface area (Å²) in [5, 5.41) is 0.782. The fourth-order valence-corrected chi connectivity index (χ4v) is 3.09. The summed E-state index contributed by atoms with van der Waals surface area (Å²) in [4.78, 5) is 2.44. The number of nitrogens with zero attached hydrogens (tertiary/aromatic N) is 1. The van der Waals surface area contributed by atoms with Crippen molar-refractivity contribution < 1.29 is 0 Å². The minimum Gasteiger partial charge on any atom is -0.329 e. The highest BCUT2D eigenvalue weighted by molar-refractivity contribution is 6.30. The van der Waals surface area contributed by atoms with Crippen LogP contribution in [0.5, 0.6) is 0 Å². The van der Waals surface area contributed by atoms with Gasteiger partial charge in [-0.25, -0.2) is 0 Å². The molecule has 0 spiro atoms. The second-order valence-corrected chi connectivity index (χ2v) is 5.92. The SMILES string of the molecule is Cc1ccc2c(c1)C(CN)N(Cc1ccc(Cl)cc1)C2. The molecule has 0 amide bonds. The summed E-state index contributed by atoms with van der Waals surface area (Å²) < 4.78 is 0. The van der Waals surface area contributed by atoms with E-state index >= 15 is 0 Å². The smallest absolute Gasteiger partial charge is 0.0480 e. The zero-order valence-corrected chi connectivity index (χ0v) is 12.4. The molecule has 0 aliphatic carbocycles. The van der Waals surface area contributed by atoms with Gasteiger partial charge in [0.2, 0.25) is 0 Å². The molecule has 0 saturated carbocycles. The second kappa shape index (κ2) is 5.57. The standard InChI is InChI=1S/C17H19ClN2/c1-12-2-5-14-11-20(17(9-19)16(14)8-12)10-13-3-6-15(18)7-4-13/h2-8,17H,9-11,19H2,1H3. The van der Waals surface area contributed by atoms with Crippen LogP contribution in [0.4, 0.5) is 0 Å². The lowest BCUT2D eigenvalue weighted by Crippen LogP contribution is -2.27. The van der Waals surface area contributed by atoms with Crippen LogP contribution >= 0.6 is 11.6 Å². The summed E-state index contributed by atoms with van der Waals surface area (Å²) in [6, 6.07) is 15.1. The van der Waals surface area contributed by atoms with Crippen molar-refractivity contribution in [2.45, 2.75) is 26.1 Å². The largest absolute Gasteiger partial charge is 0.329 e. The third kappa shape index (κ3) is 2.59. The van der Waals surface area contributed by atoms with Gasteiger partial charge in [0.15, 0.2) is 0 Å². The highest BCUT2D eigenvalue weighted by atomic mass is 35.5. The van der Waals surface area contributed by atoms with Gasteiger partial charge < -0.3 is 5.73 Å². The van der Waals surface area contributed by atoms with Crippen LogP contribution in [0, 0.1) is 6.92 Å². The lowest BCUT2D eigenvalue weighted by atomic mass is 10.0. The van der Waals surface area contributed by atoms with E-state index in [0.717, 1.165) is 18.1 Å². The Balaban J connectivity index is 1.83. The molecule has 1 unspecified atom stereocenters. The summed E-state index contributed by atoms with van der Waals surface area (Å²) in [6.07, 6.45) is 0. The molecule has 0 saturated heterocycles. The Hall–Kier alpha value is -1.35. The van der Waals surface area contributed by atoms with Crippen molar-refractivity contribution in [1.82, 2.24) is 4.90 Å². The summed E-state index contributed by atoms with van der Waals surface area (Å²) in [5.74, 6) is 0. The zero-order valence-electron chi connectivity index (χ0n) is 11.6. The molecule has 1 atom stereocenters. The molecule has 1 heterocycles. The summed E-state index contributed by atoms with van der Waals surface area (Å²) in [6.45, 7) is 4.67. The molecule has 3 heteroatoms. The molecule has 20 heavy (non-hydrogen) atoms. The molecule has 1 aliphatic heterocycles. The van der Waals surface area contributed by atoms with Crippen molar-refractivity contribution in [3.63, 3.8) is 0 Å². The van der Waals surface area contributed by atoms with Crippen molar-refractivity contribution in [3.05, 3.63) is 69.7 Å². The topological polar surface area (TPSA) is 29.3 Å². The molecule has 0 bridgehead atoms. The van der Waals surface area contributed by atoms with E-state index in [2.05, 4.69) is 42.2 Å². The van der Waals surface area contributed by atoms with Crippen molar-refractivity contribution in [3.8, 4) is 0 Å². The van der Waals surface area contributed by atoms with E-state index in [9.17, 15) is 0 Å². The number of rotatable bonds is 3. The van der Waals surface area contributed by atoms with Crippen molar-refractivity contribution in [1.29, 1.82) is 0 Å². The first-order chi connectivity index (χ1) is 9.67. The summed E-state index contributed by atoms with van der Waals surface area (Å²) in [7, 11) is 0. The van der Waals surface area contributed by atoms with Gasteiger partial charge in [-0.3, -0.25) is 4.90 Å². The Morgan fingerprint density at radius 3 is 2.65 bits per heavy atom. The van der Waals surface area contributed by atoms with Gasteiger partial charge in [-0.2, -0.15) is 0 Å². The van der Waals surface area contributed by atoms with Crippen molar-refractivity contribution in [2.75, 3.05) is 6.54 Å². The number of aryl methyl sites for hydroxylation is 1. The van der Waals surface area contributed by atoms with Crippen LogP contribution in [0.2, 0.25) is 5.02 Å². The van der Waals surface area contributed by atoms with Gasteiger partial charge in [0.05, 0.1) is 0 Å². The molecule has 0 aromatic heterocycles. The molecule has 3 rings (SSSR count). The first-order valence-electron chi connectivity index (χ1n) is 6.95. The molecular weight excluding hydrogens is 268 g/mol. The maximum atomic E-state index is 6.00. The third-order valence-corrected chi connectivity index (χ3v) is 4.25. The van der Waals surface area contributed by atoms with Gasteiger partial charge in [0.25, 0.3) is 0 Å². The van der Waals surface area contributed by atoms with E-state index in [0.29, 0.717) is 12.6 Å². The molecule has 104 valence electrons. The van der Waals surface area contributed by atoms with Gasteiger partial charge in [0, 0.05) is 30.7 Å². The highest BCUT2D eigenvalue weighted by Crippen LogP contribution is 2.34. The van der Waals surface area contributed by atoms with Crippen LogP contribution in [-0.4, -0.2) is 11.4 Å². The number of benzene rings is 2. The zero-order chi connectivity index (χ0) is 14.1. The van der Waals surface area contributed by atoms with Crippen LogP contribution in [0.25, 0.3) is 0 Å². The molecule has 2 aromatic carbocycles. The van der Waals surface area contributed by atoms with Crippen molar-refractivity contribution in [2.24, 2.45) is 5.73 Å². The summed E-state index contributed by atoms with van der Waals surface area (Å²) in [5.41, 5.74) is 11.4. The molecule has 0 radical (unpaired) electrons. The molecule has 2 nitrogen and oxygen atoms in total. The van der Waals surface area contributed by atoms with E-state index in [1.165, 1.54) is 22.3 Å². The van der Waals surface area contributed by atoms with Gasteiger partial charge in [-0.15, -0.1) is 0 Å². The predicted molar refractivity (Wildman–Crippen MR) is 83.7 cm³/mol. The fraction of sp³-hybridized carbons (Fsp3) is 0.294. The molecule has 2 N–H and O–H groups in total. The normalized spacial score (nSPS) is 18.2. The van der Waals surface area contributed by atoms with Gasteiger partial charge in [-0.05, 0) is 35.7 Å². The van der Waals surface area contributed by atoms with Crippen LogP contribution in [0.1, 0.15) is 28.3 Å². The Bertz CT molecular complexity index is 607.